The molecular formula is C21H16ClNO2S. The highest BCUT2D eigenvalue weighted by Gasteiger charge is 2.11. The third-order valence-corrected chi connectivity index (χ3v) is 4.96. The first-order valence-electron chi connectivity index (χ1n) is 7.96. The van der Waals surface area contributed by atoms with Gasteiger partial charge in [0.05, 0.1) is 16.1 Å². The summed E-state index contributed by atoms with van der Waals surface area (Å²) < 4.78 is 0. The molecule has 0 fully saturated rings. The monoisotopic (exact) mass is 381 g/mol. The Labute approximate surface area is 162 Å². The standard InChI is InChI=1S/C21H16ClNO2S/c1-13-16(6-4-7-18(13)22)20(26)14-9-11-15(12-10-14)23-19-8-3-2-5-17(19)21(24)25/h2-12,23H,1H3,(H,24,25). The van der Waals surface area contributed by atoms with Gasteiger partial charge in [-0.1, -0.05) is 60.2 Å². The fourth-order valence-corrected chi connectivity index (χ4v) is 3.18. The molecule has 0 radical (unpaired) electrons. The van der Waals surface area contributed by atoms with E-state index in [9.17, 15) is 9.90 Å². The first kappa shape index (κ1) is 18.1. The van der Waals surface area contributed by atoms with Gasteiger partial charge in [0, 0.05) is 10.7 Å². The number of hydrogen-bond donors (Lipinski definition) is 2. The van der Waals surface area contributed by atoms with Crippen LogP contribution < -0.4 is 5.32 Å². The maximum Gasteiger partial charge on any atom is 0.337 e. The molecule has 0 aromatic heterocycles. The topological polar surface area (TPSA) is 49.3 Å². The van der Waals surface area contributed by atoms with Gasteiger partial charge in [0.15, 0.2) is 0 Å². The molecule has 0 saturated heterocycles. The van der Waals surface area contributed by atoms with Crippen molar-refractivity contribution in [1.82, 2.24) is 0 Å². The number of benzene rings is 3. The summed E-state index contributed by atoms with van der Waals surface area (Å²) in [6.07, 6.45) is 0. The van der Waals surface area contributed by atoms with Crippen molar-refractivity contribution < 1.29 is 9.90 Å². The average molecular weight is 382 g/mol. The number of carbonyl (C=O) groups is 1. The minimum absolute atomic E-state index is 0.224. The smallest absolute Gasteiger partial charge is 0.337 e. The molecule has 2 N–H and O–H groups in total. The van der Waals surface area contributed by atoms with Gasteiger partial charge in [-0.15, -0.1) is 0 Å². The molecule has 0 heterocycles. The van der Waals surface area contributed by atoms with Gasteiger partial charge in [-0.25, -0.2) is 4.79 Å². The van der Waals surface area contributed by atoms with E-state index in [0.717, 1.165) is 27.2 Å². The van der Waals surface area contributed by atoms with E-state index in [1.54, 1.807) is 24.3 Å². The van der Waals surface area contributed by atoms with E-state index in [2.05, 4.69) is 5.32 Å². The lowest BCUT2D eigenvalue weighted by atomic mass is 10.00. The molecule has 0 aliphatic heterocycles. The van der Waals surface area contributed by atoms with Crippen LogP contribution in [0.2, 0.25) is 5.02 Å². The van der Waals surface area contributed by atoms with Gasteiger partial charge < -0.3 is 10.4 Å². The summed E-state index contributed by atoms with van der Waals surface area (Å²) in [6, 6.07) is 20.0. The Kier molecular flexibility index (Phi) is 5.35. The molecule has 3 aromatic rings. The maximum absolute atomic E-state index is 11.3. The number of halogens is 1. The summed E-state index contributed by atoms with van der Waals surface area (Å²) in [5.41, 5.74) is 4.35. The minimum atomic E-state index is -0.970. The molecular weight excluding hydrogens is 366 g/mol. The second-order valence-corrected chi connectivity index (χ2v) is 6.61. The molecule has 0 spiro atoms. The average Bonchev–Trinajstić information content (AvgIpc) is 2.64. The van der Waals surface area contributed by atoms with E-state index in [0.29, 0.717) is 10.7 Å². The van der Waals surface area contributed by atoms with Crippen molar-refractivity contribution in [3.8, 4) is 0 Å². The quantitative estimate of drug-likeness (QED) is 0.429. The third-order valence-electron chi connectivity index (χ3n) is 4.10. The molecule has 0 saturated carbocycles. The fraction of sp³-hybridized carbons (Fsp3) is 0.0476. The Morgan fingerprint density at radius 3 is 2.31 bits per heavy atom. The normalized spacial score (nSPS) is 10.4. The summed E-state index contributed by atoms with van der Waals surface area (Å²) in [5, 5.41) is 13.1. The zero-order chi connectivity index (χ0) is 18.7. The largest absolute Gasteiger partial charge is 0.478 e. The van der Waals surface area contributed by atoms with Gasteiger partial charge in [0.2, 0.25) is 0 Å². The second-order valence-electron chi connectivity index (χ2n) is 5.79. The van der Waals surface area contributed by atoms with Crippen molar-refractivity contribution in [2.45, 2.75) is 6.92 Å². The lowest BCUT2D eigenvalue weighted by Crippen LogP contribution is -2.04. The number of para-hydroxylation sites is 1. The highest BCUT2D eigenvalue weighted by Crippen LogP contribution is 2.25. The molecule has 3 aromatic carbocycles. The van der Waals surface area contributed by atoms with Crippen LogP contribution in [0, 0.1) is 6.92 Å². The van der Waals surface area contributed by atoms with Crippen molar-refractivity contribution in [3.63, 3.8) is 0 Å². The molecule has 3 rings (SSSR count). The van der Waals surface area contributed by atoms with Crippen LogP contribution in [-0.2, 0) is 0 Å². The molecule has 0 aliphatic carbocycles. The van der Waals surface area contributed by atoms with Crippen LogP contribution in [0.3, 0.4) is 0 Å². The number of thiocarbonyl (C=S) groups is 1. The van der Waals surface area contributed by atoms with E-state index in [1.165, 1.54) is 0 Å². The molecule has 5 heteroatoms. The highest BCUT2D eigenvalue weighted by molar-refractivity contribution is 7.81. The zero-order valence-corrected chi connectivity index (χ0v) is 15.6. The van der Waals surface area contributed by atoms with Crippen LogP contribution in [0.1, 0.15) is 27.0 Å². The van der Waals surface area contributed by atoms with Crippen LogP contribution in [0.5, 0.6) is 0 Å². The predicted octanol–water partition coefficient (Wildman–Crippen LogP) is 5.86. The Morgan fingerprint density at radius 1 is 0.962 bits per heavy atom. The first-order valence-corrected chi connectivity index (χ1v) is 8.75. The Hall–Kier alpha value is -2.69. The summed E-state index contributed by atoms with van der Waals surface area (Å²) in [4.78, 5) is 12.0. The lowest BCUT2D eigenvalue weighted by molar-refractivity contribution is 0.0698. The van der Waals surface area contributed by atoms with E-state index >= 15 is 0 Å². The van der Waals surface area contributed by atoms with Crippen LogP contribution in [0.15, 0.2) is 66.7 Å². The lowest BCUT2D eigenvalue weighted by Gasteiger charge is -2.12. The van der Waals surface area contributed by atoms with Crippen LogP contribution in [0.25, 0.3) is 0 Å². The third kappa shape index (κ3) is 3.77. The molecule has 3 nitrogen and oxygen atoms in total. The van der Waals surface area contributed by atoms with Crippen LogP contribution in [0.4, 0.5) is 11.4 Å². The van der Waals surface area contributed by atoms with Gasteiger partial charge in [-0.3, -0.25) is 0 Å². The van der Waals surface area contributed by atoms with Crippen LogP contribution >= 0.6 is 23.8 Å². The number of rotatable bonds is 5. The summed E-state index contributed by atoms with van der Waals surface area (Å²) in [5.74, 6) is -0.970. The molecule has 0 bridgehead atoms. The predicted molar refractivity (Wildman–Crippen MR) is 110 cm³/mol. The Morgan fingerprint density at radius 2 is 1.62 bits per heavy atom. The number of anilines is 2. The summed E-state index contributed by atoms with van der Waals surface area (Å²) >= 11 is 11.8. The fourth-order valence-electron chi connectivity index (χ4n) is 2.65. The molecule has 0 atom stereocenters. The molecule has 0 unspecified atom stereocenters. The van der Waals surface area contributed by atoms with Crippen molar-refractivity contribution in [1.29, 1.82) is 0 Å². The number of carboxylic acids is 1. The number of carboxylic acid groups (broad SMARTS) is 1. The SMILES string of the molecule is Cc1c(Cl)cccc1C(=S)c1ccc(Nc2ccccc2C(=O)O)cc1. The number of nitrogens with one attached hydrogen (secondary N) is 1. The van der Waals surface area contributed by atoms with Crippen molar-refractivity contribution in [2.75, 3.05) is 5.32 Å². The van der Waals surface area contributed by atoms with Gasteiger partial charge in [-0.2, -0.15) is 0 Å². The number of aromatic carboxylic acids is 1. The van der Waals surface area contributed by atoms with Crippen molar-refractivity contribution in [3.05, 3.63) is 94.0 Å². The molecule has 26 heavy (non-hydrogen) atoms. The van der Waals surface area contributed by atoms with Crippen LogP contribution in [-0.4, -0.2) is 15.9 Å². The maximum atomic E-state index is 11.3. The summed E-state index contributed by atoms with van der Waals surface area (Å²) in [6.45, 7) is 1.95. The van der Waals surface area contributed by atoms with Gasteiger partial charge in [-0.05, 0) is 53.9 Å². The van der Waals surface area contributed by atoms with Gasteiger partial charge in [0.25, 0.3) is 0 Å². The molecule has 0 amide bonds. The minimum Gasteiger partial charge on any atom is -0.478 e. The molecule has 130 valence electrons. The summed E-state index contributed by atoms with van der Waals surface area (Å²) in [7, 11) is 0. The Balaban J connectivity index is 1.84. The van der Waals surface area contributed by atoms with E-state index < -0.39 is 5.97 Å². The van der Waals surface area contributed by atoms with Crippen molar-refractivity contribution >= 4 is 46.0 Å². The molecule has 0 aliphatic rings. The van der Waals surface area contributed by atoms with Gasteiger partial charge >= 0.3 is 5.97 Å². The van der Waals surface area contributed by atoms with Gasteiger partial charge in [0.1, 0.15) is 0 Å². The highest BCUT2D eigenvalue weighted by atomic mass is 35.5. The zero-order valence-electron chi connectivity index (χ0n) is 14.0. The van der Waals surface area contributed by atoms with Crippen molar-refractivity contribution in [2.24, 2.45) is 0 Å². The van der Waals surface area contributed by atoms with E-state index in [-0.39, 0.29) is 5.56 Å². The Bertz CT molecular complexity index is 984. The number of hydrogen-bond acceptors (Lipinski definition) is 3. The second kappa shape index (κ2) is 7.68. The first-order chi connectivity index (χ1) is 12.5. The van der Waals surface area contributed by atoms with E-state index in [1.807, 2.05) is 49.4 Å². The van der Waals surface area contributed by atoms with E-state index in [4.69, 9.17) is 23.8 Å².